The zero-order valence-electron chi connectivity index (χ0n) is 15.5. The Morgan fingerprint density at radius 3 is 2.69 bits per heavy atom. The molecular formula is C20H26N4OS. The van der Waals surface area contributed by atoms with E-state index in [4.69, 9.17) is 0 Å². The van der Waals surface area contributed by atoms with Gasteiger partial charge in [0.15, 0.2) is 0 Å². The molecule has 0 saturated carbocycles. The van der Waals surface area contributed by atoms with Crippen LogP contribution in [-0.2, 0) is 11.2 Å². The minimum Gasteiger partial charge on any atom is -0.311 e. The van der Waals surface area contributed by atoms with Crippen molar-refractivity contribution < 1.29 is 4.79 Å². The lowest BCUT2D eigenvalue weighted by Crippen LogP contribution is -2.50. The molecule has 1 aromatic heterocycles. The normalized spacial score (nSPS) is 19.5. The lowest BCUT2D eigenvalue weighted by Gasteiger charge is -2.37. The molecular weight excluding hydrogens is 344 g/mol. The fourth-order valence-electron chi connectivity index (χ4n) is 3.93. The summed E-state index contributed by atoms with van der Waals surface area (Å²) >= 11 is 1.78. The molecule has 1 aromatic carbocycles. The molecule has 2 aromatic rings. The number of aromatic nitrogens is 1. The molecule has 1 amide bonds. The molecule has 2 aliphatic heterocycles. The van der Waals surface area contributed by atoms with E-state index >= 15 is 0 Å². The average Bonchev–Trinajstić information content (AvgIpc) is 3.28. The van der Waals surface area contributed by atoms with Crippen LogP contribution in [-0.4, -0.2) is 60.0 Å². The van der Waals surface area contributed by atoms with Crippen LogP contribution < -0.4 is 4.90 Å². The zero-order chi connectivity index (χ0) is 18.1. The third-order valence-electron chi connectivity index (χ3n) is 5.55. The topological polar surface area (TPSA) is 39.7 Å². The average molecular weight is 371 g/mol. The standard InChI is InChI=1S/C20H26N4OS/c1-15(19-13-21-16(2)26-19)23-11-9-22(10-12-23)14-20(25)24-8-7-17-5-3-4-6-18(17)24/h3-6,13,15H,7-12,14H2,1-2H3/t15-/m1/s1. The molecule has 6 heteroatoms. The van der Waals surface area contributed by atoms with E-state index < -0.39 is 0 Å². The summed E-state index contributed by atoms with van der Waals surface area (Å²) < 4.78 is 0. The number of para-hydroxylation sites is 1. The smallest absolute Gasteiger partial charge is 0.241 e. The van der Waals surface area contributed by atoms with Crippen molar-refractivity contribution in [3.8, 4) is 0 Å². The first-order valence-corrected chi connectivity index (χ1v) is 10.2. The molecule has 0 aliphatic carbocycles. The third kappa shape index (κ3) is 3.54. The molecule has 1 saturated heterocycles. The highest BCUT2D eigenvalue weighted by Gasteiger charge is 2.28. The monoisotopic (exact) mass is 370 g/mol. The fraction of sp³-hybridized carbons (Fsp3) is 0.500. The lowest BCUT2D eigenvalue weighted by atomic mass is 10.2. The number of amides is 1. The summed E-state index contributed by atoms with van der Waals surface area (Å²) in [6, 6.07) is 8.68. The van der Waals surface area contributed by atoms with Crippen molar-refractivity contribution in [2.45, 2.75) is 26.3 Å². The largest absolute Gasteiger partial charge is 0.311 e. The number of carbonyl (C=O) groups is 1. The van der Waals surface area contributed by atoms with Gasteiger partial charge in [0.2, 0.25) is 5.91 Å². The van der Waals surface area contributed by atoms with E-state index in [1.165, 1.54) is 10.4 Å². The maximum absolute atomic E-state index is 12.8. The van der Waals surface area contributed by atoms with Gasteiger partial charge >= 0.3 is 0 Å². The van der Waals surface area contributed by atoms with Crippen LogP contribution in [0.1, 0.15) is 28.4 Å². The summed E-state index contributed by atoms with van der Waals surface area (Å²) in [6.45, 7) is 9.56. The molecule has 0 radical (unpaired) electrons. The predicted octanol–water partition coefficient (Wildman–Crippen LogP) is 2.72. The third-order valence-corrected chi connectivity index (χ3v) is 6.64. The predicted molar refractivity (Wildman–Crippen MR) is 106 cm³/mol. The Morgan fingerprint density at radius 2 is 1.96 bits per heavy atom. The van der Waals surface area contributed by atoms with Crippen LogP contribution in [0.25, 0.3) is 0 Å². The van der Waals surface area contributed by atoms with Crippen LogP contribution in [0, 0.1) is 6.92 Å². The van der Waals surface area contributed by atoms with Crippen molar-refractivity contribution in [2.75, 3.05) is 44.2 Å². The molecule has 0 unspecified atom stereocenters. The molecule has 4 rings (SSSR count). The Labute approximate surface area is 159 Å². The Morgan fingerprint density at radius 1 is 1.19 bits per heavy atom. The van der Waals surface area contributed by atoms with Crippen molar-refractivity contribution in [1.82, 2.24) is 14.8 Å². The fourth-order valence-corrected chi connectivity index (χ4v) is 4.81. The van der Waals surface area contributed by atoms with Gasteiger partial charge in [0.05, 0.1) is 11.6 Å². The van der Waals surface area contributed by atoms with Gasteiger partial charge in [-0.25, -0.2) is 4.98 Å². The quantitative estimate of drug-likeness (QED) is 0.830. The van der Waals surface area contributed by atoms with Gasteiger partial charge in [0, 0.05) is 55.5 Å². The van der Waals surface area contributed by atoms with Crippen LogP contribution in [0.4, 0.5) is 5.69 Å². The second-order valence-corrected chi connectivity index (χ2v) is 8.46. The molecule has 138 valence electrons. The second kappa shape index (κ2) is 7.47. The van der Waals surface area contributed by atoms with Crippen molar-refractivity contribution in [3.63, 3.8) is 0 Å². The summed E-state index contributed by atoms with van der Waals surface area (Å²) in [5, 5.41) is 1.13. The van der Waals surface area contributed by atoms with E-state index in [0.29, 0.717) is 12.6 Å². The van der Waals surface area contributed by atoms with Crippen LogP contribution >= 0.6 is 11.3 Å². The molecule has 1 atom stereocenters. The first kappa shape index (κ1) is 17.6. The van der Waals surface area contributed by atoms with Gasteiger partial charge in [0.1, 0.15) is 0 Å². The minimum atomic E-state index is 0.231. The maximum Gasteiger partial charge on any atom is 0.241 e. The van der Waals surface area contributed by atoms with E-state index in [-0.39, 0.29) is 5.91 Å². The van der Waals surface area contributed by atoms with E-state index in [1.54, 1.807) is 11.3 Å². The Hall–Kier alpha value is -1.76. The maximum atomic E-state index is 12.8. The SMILES string of the molecule is Cc1ncc([C@@H](C)N2CCN(CC(=O)N3CCc4ccccc43)CC2)s1. The van der Waals surface area contributed by atoms with Gasteiger partial charge in [-0.2, -0.15) is 0 Å². The van der Waals surface area contributed by atoms with Crippen molar-refractivity contribution in [2.24, 2.45) is 0 Å². The van der Waals surface area contributed by atoms with Gasteiger partial charge in [0.25, 0.3) is 0 Å². The van der Waals surface area contributed by atoms with Gasteiger partial charge in [-0.3, -0.25) is 14.6 Å². The summed E-state index contributed by atoms with van der Waals surface area (Å²) in [6.07, 6.45) is 2.98. The molecule has 0 bridgehead atoms. The van der Waals surface area contributed by atoms with Crippen LogP contribution in [0.15, 0.2) is 30.5 Å². The number of carbonyl (C=O) groups excluding carboxylic acids is 1. The van der Waals surface area contributed by atoms with E-state index in [9.17, 15) is 4.79 Å². The number of hydrogen-bond donors (Lipinski definition) is 0. The van der Waals surface area contributed by atoms with Gasteiger partial charge in [-0.1, -0.05) is 18.2 Å². The highest BCUT2D eigenvalue weighted by molar-refractivity contribution is 7.11. The number of anilines is 1. The van der Waals surface area contributed by atoms with E-state index in [2.05, 4.69) is 46.8 Å². The van der Waals surface area contributed by atoms with Gasteiger partial charge in [-0.05, 0) is 31.9 Å². The number of nitrogens with zero attached hydrogens (tertiary/aromatic N) is 4. The van der Waals surface area contributed by atoms with E-state index in [0.717, 1.165) is 49.8 Å². The summed E-state index contributed by atoms with van der Waals surface area (Å²) in [4.78, 5) is 25.3. The molecule has 2 aliphatic rings. The Kier molecular flexibility index (Phi) is 5.07. The lowest BCUT2D eigenvalue weighted by molar-refractivity contribution is -0.120. The van der Waals surface area contributed by atoms with E-state index in [1.807, 2.05) is 17.2 Å². The molecule has 0 N–H and O–H groups in total. The zero-order valence-corrected chi connectivity index (χ0v) is 16.3. The number of thiazole rings is 1. The molecule has 1 fully saturated rings. The van der Waals surface area contributed by atoms with Crippen molar-refractivity contribution >= 4 is 22.9 Å². The Bertz CT molecular complexity index is 782. The van der Waals surface area contributed by atoms with Gasteiger partial charge in [-0.15, -0.1) is 11.3 Å². The first-order chi connectivity index (χ1) is 12.6. The van der Waals surface area contributed by atoms with Gasteiger partial charge < -0.3 is 4.90 Å². The summed E-state index contributed by atoms with van der Waals surface area (Å²) in [5.41, 5.74) is 2.39. The highest BCUT2D eigenvalue weighted by atomic mass is 32.1. The van der Waals surface area contributed by atoms with Crippen LogP contribution in [0.5, 0.6) is 0 Å². The highest BCUT2D eigenvalue weighted by Crippen LogP contribution is 2.28. The number of piperazine rings is 1. The molecule has 26 heavy (non-hydrogen) atoms. The Balaban J connectivity index is 1.31. The van der Waals surface area contributed by atoms with Crippen LogP contribution in [0.2, 0.25) is 0 Å². The number of hydrogen-bond acceptors (Lipinski definition) is 5. The number of aryl methyl sites for hydroxylation is 1. The van der Waals surface area contributed by atoms with Crippen molar-refractivity contribution in [3.05, 3.63) is 45.9 Å². The summed E-state index contributed by atoms with van der Waals surface area (Å²) in [5.74, 6) is 0.231. The second-order valence-electron chi connectivity index (χ2n) is 7.19. The summed E-state index contributed by atoms with van der Waals surface area (Å²) in [7, 11) is 0. The van der Waals surface area contributed by atoms with Crippen molar-refractivity contribution in [1.29, 1.82) is 0 Å². The number of fused-ring (bicyclic) bond motifs is 1. The molecule has 3 heterocycles. The molecule has 0 spiro atoms. The molecule has 5 nitrogen and oxygen atoms in total. The first-order valence-electron chi connectivity index (χ1n) is 9.39. The minimum absolute atomic E-state index is 0.231. The number of benzene rings is 1. The number of rotatable bonds is 4. The van der Waals surface area contributed by atoms with Crippen LogP contribution in [0.3, 0.4) is 0 Å².